The van der Waals surface area contributed by atoms with Gasteiger partial charge in [-0.1, -0.05) is 66.9 Å². The number of ether oxygens (including phenoxy) is 1. The average molecular weight is 539 g/mol. The Bertz CT molecular complexity index is 1180. The highest BCUT2D eigenvalue weighted by Crippen LogP contribution is 2.30. The van der Waals surface area contributed by atoms with Crippen LogP contribution < -0.4 is 26.0 Å². The number of halogens is 1. The molecular weight excluding hydrogens is 504 g/mol. The molecule has 1 aliphatic heterocycles. The van der Waals surface area contributed by atoms with Crippen molar-refractivity contribution in [3.63, 3.8) is 0 Å². The number of fused-ring (bicyclic) bond motifs is 1. The number of carbonyl (C=O) groups excluding carboxylic acids is 3. The minimum atomic E-state index is -0.846. The summed E-state index contributed by atoms with van der Waals surface area (Å²) in [6.07, 6.45) is 7.22. The Morgan fingerprint density at radius 2 is 1.79 bits per heavy atom. The molecule has 38 heavy (non-hydrogen) atoms. The molecule has 9 heteroatoms. The Morgan fingerprint density at radius 3 is 2.58 bits per heavy atom. The van der Waals surface area contributed by atoms with Crippen LogP contribution in [0.25, 0.3) is 6.08 Å². The largest absolute Gasteiger partial charge is 0.492 e. The summed E-state index contributed by atoms with van der Waals surface area (Å²) in [7, 11) is 0. The third kappa shape index (κ3) is 7.14. The van der Waals surface area contributed by atoms with E-state index in [1.807, 2.05) is 42.5 Å². The first-order valence-electron chi connectivity index (χ1n) is 13.1. The van der Waals surface area contributed by atoms with Crippen molar-refractivity contribution >= 4 is 35.4 Å². The number of benzene rings is 2. The van der Waals surface area contributed by atoms with E-state index in [4.69, 9.17) is 16.3 Å². The second-order valence-corrected chi connectivity index (χ2v) is 10.3. The molecule has 4 rings (SSSR count). The maximum atomic E-state index is 13.4. The van der Waals surface area contributed by atoms with Crippen LogP contribution in [-0.4, -0.2) is 55.0 Å². The molecule has 0 unspecified atom stereocenters. The van der Waals surface area contributed by atoms with Crippen LogP contribution in [0, 0.1) is 0 Å². The highest BCUT2D eigenvalue weighted by atomic mass is 35.5. The predicted octanol–water partition coefficient (Wildman–Crippen LogP) is 3.00. The summed E-state index contributed by atoms with van der Waals surface area (Å²) in [4.78, 5) is 39.6. The third-order valence-electron chi connectivity index (χ3n) is 7.03. The zero-order valence-corrected chi connectivity index (χ0v) is 22.4. The zero-order valence-electron chi connectivity index (χ0n) is 21.6. The Hall–Kier alpha value is -3.36. The Balaban J connectivity index is 1.58. The molecule has 1 saturated carbocycles. The van der Waals surface area contributed by atoms with Crippen molar-refractivity contribution in [1.82, 2.24) is 21.3 Å². The van der Waals surface area contributed by atoms with Crippen molar-refractivity contribution in [2.75, 3.05) is 19.7 Å². The Kier molecular flexibility index (Phi) is 9.42. The zero-order chi connectivity index (χ0) is 27.0. The molecule has 0 bridgehead atoms. The van der Waals surface area contributed by atoms with Gasteiger partial charge in [0, 0.05) is 30.1 Å². The lowest BCUT2D eigenvalue weighted by Gasteiger charge is -2.31. The molecule has 2 aromatic carbocycles. The summed E-state index contributed by atoms with van der Waals surface area (Å²) in [5.74, 6) is -0.246. The molecule has 0 radical (unpaired) electrons. The van der Waals surface area contributed by atoms with E-state index >= 15 is 0 Å². The summed E-state index contributed by atoms with van der Waals surface area (Å²) < 4.78 is 6.02. The van der Waals surface area contributed by atoms with E-state index in [9.17, 15) is 14.4 Å². The Morgan fingerprint density at radius 1 is 1.00 bits per heavy atom. The van der Waals surface area contributed by atoms with Gasteiger partial charge in [-0.15, -0.1) is 0 Å². The number of hydrogen-bond donors (Lipinski definition) is 4. The topological polar surface area (TPSA) is 109 Å². The Labute approximate surface area is 228 Å². The van der Waals surface area contributed by atoms with Crippen molar-refractivity contribution in [1.29, 1.82) is 0 Å². The van der Waals surface area contributed by atoms with Gasteiger partial charge in [-0.05, 0) is 43.5 Å². The van der Waals surface area contributed by atoms with Crippen molar-refractivity contribution in [2.45, 2.75) is 56.7 Å². The maximum Gasteiger partial charge on any atom is 0.243 e. The van der Waals surface area contributed by atoms with Gasteiger partial charge in [-0.25, -0.2) is 0 Å². The van der Waals surface area contributed by atoms with E-state index in [-0.39, 0.29) is 24.8 Å². The van der Waals surface area contributed by atoms with Crippen molar-refractivity contribution in [3.05, 3.63) is 70.8 Å². The van der Waals surface area contributed by atoms with Gasteiger partial charge in [0.25, 0.3) is 0 Å². The summed E-state index contributed by atoms with van der Waals surface area (Å²) in [6.45, 7) is 2.78. The molecule has 1 spiro atoms. The third-order valence-corrected chi connectivity index (χ3v) is 7.26. The van der Waals surface area contributed by atoms with Gasteiger partial charge in [0.05, 0.1) is 5.54 Å². The van der Waals surface area contributed by atoms with E-state index < -0.39 is 23.5 Å². The van der Waals surface area contributed by atoms with Crippen molar-refractivity contribution < 1.29 is 19.1 Å². The fourth-order valence-electron chi connectivity index (χ4n) is 4.94. The summed E-state index contributed by atoms with van der Waals surface area (Å²) >= 11 is 6.14. The van der Waals surface area contributed by atoms with E-state index in [0.29, 0.717) is 31.0 Å². The number of hydrogen-bond acceptors (Lipinski definition) is 5. The lowest BCUT2D eigenvalue weighted by Crippen LogP contribution is -2.60. The predicted molar refractivity (Wildman–Crippen MR) is 148 cm³/mol. The van der Waals surface area contributed by atoms with Crippen LogP contribution >= 0.6 is 11.6 Å². The van der Waals surface area contributed by atoms with Gasteiger partial charge in [0.1, 0.15) is 24.4 Å². The number of amides is 3. The van der Waals surface area contributed by atoms with E-state index in [1.54, 1.807) is 25.1 Å². The van der Waals surface area contributed by atoms with E-state index in [0.717, 1.165) is 29.7 Å². The number of carbonyl (C=O) groups is 3. The van der Waals surface area contributed by atoms with Crippen LogP contribution in [-0.2, 0) is 20.8 Å². The first kappa shape index (κ1) is 27.7. The second kappa shape index (κ2) is 12.9. The standard InChI is InChI=1S/C29H35ClN4O4/c1-20-26(35)34-24(19-21-8-6-11-23(30)18-21)27(36)31-15-7-10-22-9-2-3-12-25(22)38-17-16-32-29(28(37)33-20)13-4-5-14-29/h2-3,6-12,18,20,24,32H,4-5,13-17,19H2,1H3,(H,31,36)(H,33,37)(H,34,35)/t20-,24+/m1/s1. The van der Waals surface area contributed by atoms with Gasteiger partial charge < -0.3 is 20.7 Å². The van der Waals surface area contributed by atoms with Gasteiger partial charge >= 0.3 is 0 Å². The normalized spacial score (nSPS) is 22.8. The van der Waals surface area contributed by atoms with Crippen molar-refractivity contribution in [2.24, 2.45) is 0 Å². The molecule has 0 saturated heterocycles. The van der Waals surface area contributed by atoms with Crippen LogP contribution in [0.15, 0.2) is 54.6 Å². The van der Waals surface area contributed by atoms with E-state index in [2.05, 4.69) is 21.3 Å². The minimum Gasteiger partial charge on any atom is -0.492 e. The SMILES string of the molecule is C[C@H]1NC(=O)C2(CCCC2)NCCOc2ccccc2C=CCNC(=O)[C@H](Cc2cccc(Cl)c2)NC1=O. The maximum absolute atomic E-state index is 13.4. The molecule has 2 aromatic rings. The highest BCUT2D eigenvalue weighted by molar-refractivity contribution is 6.30. The van der Waals surface area contributed by atoms with Gasteiger partial charge in [-0.2, -0.15) is 0 Å². The fourth-order valence-corrected chi connectivity index (χ4v) is 5.15. The fraction of sp³-hybridized carbons (Fsp3) is 0.414. The highest BCUT2D eigenvalue weighted by Gasteiger charge is 2.41. The lowest BCUT2D eigenvalue weighted by atomic mass is 9.95. The average Bonchev–Trinajstić information content (AvgIpc) is 3.39. The van der Waals surface area contributed by atoms with E-state index in [1.165, 1.54) is 0 Å². The number of rotatable bonds is 2. The minimum absolute atomic E-state index is 0.210. The molecule has 2 aliphatic rings. The van der Waals surface area contributed by atoms with Crippen LogP contribution in [0.4, 0.5) is 0 Å². The molecule has 8 nitrogen and oxygen atoms in total. The van der Waals surface area contributed by atoms with Gasteiger partial charge in [0.15, 0.2) is 0 Å². The molecule has 1 heterocycles. The first-order chi connectivity index (χ1) is 18.4. The summed E-state index contributed by atoms with van der Waals surface area (Å²) in [5, 5.41) is 12.5. The molecule has 4 N–H and O–H groups in total. The van der Waals surface area contributed by atoms with Crippen LogP contribution in [0.2, 0.25) is 5.02 Å². The smallest absolute Gasteiger partial charge is 0.243 e. The van der Waals surface area contributed by atoms with Crippen molar-refractivity contribution in [3.8, 4) is 5.75 Å². The number of para-hydroxylation sites is 1. The van der Waals surface area contributed by atoms with Gasteiger partial charge in [-0.3, -0.25) is 19.7 Å². The molecule has 0 aromatic heterocycles. The van der Waals surface area contributed by atoms with Crippen LogP contribution in [0.3, 0.4) is 0 Å². The lowest BCUT2D eigenvalue weighted by molar-refractivity contribution is -0.134. The van der Waals surface area contributed by atoms with Crippen LogP contribution in [0.5, 0.6) is 5.75 Å². The summed E-state index contributed by atoms with van der Waals surface area (Å²) in [6, 6.07) is 13.2. The van der Waals surface area contributed by atoms with Gasteiger partial charge in [0.2, 0.25) is 17.7 Å². The van der Waals surface area contributed by atoms with Crippen LogP contribution in [0.1, 0.15) is 43.7 Å². The molecule has 202 valence electrons. The quantitative estimate of drug-likeness (QED) is 0.470. The number of nitrogens with one attached hydrogen (secondary N) is 4. The molecule has 3 amide bonds. The molecule has 1 fully saturated rings. The molecular formula is C29H35ClN4O4. The first-order valence-corrected chi connectivity index (χ1v) is 13.5. The monoisotopic (exact) mass is 538 g/mol. The molecule has 2 atom stereocenters. The summed E-state index contributed by atoms with van der Waals surface area (Å²) in [5.41, 5.74) is 0.946. The molecule has 1 aliphatic carbocycles. The second-order valence-electron chi connectivity index (χ2n) is 9.84.